The summed E-state index contributed by atoms with van der Waals surface area (Å²) in [7, 11) is -3.34. The lowest BCUT2D eigenvalue weighted by Gasteiger charge is -2.32. The van der Waals surface area contributed by atoms with Gasteiger partial charge in [-0.25, -0.2) is 40.3 Å². The van der Waals surface area contributed by atoms with Crippen molar-refractivity contribution in [1.29, 1.82) is 0 Å². The predicted octanol–water partition coefficient (Wildman–Crippen LogP) is 5.74. The number of halogens is 5. The van der Waals surface area contributed by atoms with Gasteiger partial charge in [0.1, 0.15) is 10.6 Å². The number of aryl methyl sites for hydroxylation is 1. The fourth-order valence-corrected chi connectivity index (χ4v) is 7.33. The molecule has 0 bridgehead atoms. The van der Waals surface area contributed by atoms with Crippen LogP contribution in [-0.2, 0) is 14.6 Å². The molecular weight excluding hydrogens is 653 g/mol. The van der Waals surface area contributed by atoms with Gasteiger partial charge in [-0.15, -0.1) is 0 Å². The van der Waals surface area contributed by atoms with Crippen LogP contribution in [0.2, 0.25) is 0 Å². The number of methoxy groups -OCH3 is 1. The number of hydrogen-bond acceptors (Lipinski definition) is 10. The molecule has 17 heteroatoms. The van der Waals surface area contributed by atoms with E-state index in [1.807, 2.05) is 11.8 Å². The van der Waals surface area contributed by atoms with E-state index in [4.69, 9.17) is 10.5 Å². The lowest BCUT2D eigenvalue weighted by molar-refractivity contribution is 0.407. The molecule has 10 nitrogen and oxygen atoms in total. The Bertz CT molecular complexity index is 1870. The largest absolute Gasteiger partial charge is 0.490 e. The zero-order chi connectivity index (χ0) is 33.6. The van der Waals surface area contributed by atoms with E-state index in [1.165, 1.54) is 7.11 Å². The third-order valence-electron chi connectivity index (χ3n) is 7.62. The van der Waals surface area contributed by atoms with Crippen LogP contribution in [-0.4, -0.2) is 54.8 Å². The van der Waals surface area contributed by atoms with Crippen LogP contribution in [0.4, 0.5) is 39.4 Å². The molecule has 0 saturated carbocycles. The third-order valence-corrected chi connectivity index (χ3v) is 11.0. The Kier molecular flexibility index (Phi) is 9.21. The number of ether oxygens (including phenoxy) is 1. The summed E-state index contributed by atoms with van der Waals surface area (Å²) in [5.74, 6) is -6.86. The lowest BCUT2D eigenvalue weighted by Crippen LogP contribution is -2.40. The summed E-state index contributed by atoms with van der Waals surface area (Å²) in [5.41, 5.74) is 5.53. The predicted molar refractivity (Wildman–Crippen MR) is 162 cm³/mol. The van der Waals surface area contributed by atoms with Gasteiger partial charge in [-0.05, 0) is 63.6 Å². The van der Waals surface area contributed by atoms with Crippen LogP contribution >= 0.6 is 11.8 Å². The number of nitrogens with zero attached hydrogens (tertiary/aromatic N) is 4. The number of anilines is 3. The first-order chi connectivity index (χ1) is 21.6. The molecule has 0 unspecified atom stereocenters. The number of aromatic amines is 1. The second kappa shape index (κ2) is 12.7. The first-order valence-corrected chi connectivity index (χ1v) is 16.2. The van der Waals surface area contributed by atoms with Gasteiger partial charge in [0.05, 0.1) is 22.5 Å². The Balaban J connectivity index is 1.52. The van der Waals surface area contributed by atoms with Gasteiger partial charge >= 0.3 is 0 Å². The molecule has 0 amide bonds. The van der Waals surface area contributed by atoms with Crippen molar-refractivity contribution < 1.29 is 35.1 Å². The van der Waals surface area contributed by atoms with Crippen molar-refractivity contribution in [1.82, 2.24) is 20.2 Å². The van der Waals surface area contributed by atoms with E-state index in [0.29, 0.717) is 49.4 Å². The molecule has 46 heavy (non-hydrogen) atoms. The van der Waals surface area contributed by atoms with Gasteiger partial charge in [-0.1, -0.05) is 0 Å². The van der Waals surface area contributed by atoms with Crippen LogP contribution in [0.1, 0.15) is 37.9 Å². The molecule has 2 aromatic heterocycles. The van der Waals surface area contributed by atoms with E-state index >= 15 is 4.39 Å². The minimum atomic E-state index is -4.80. The topological polar surface area (TPSA) is 139 Å². The summed E-state index contributed by atoms with van der Waals surface area (Å²) < 4.78 is 103. The average Bonchev–Trinajstić information content (AvgIpc) is 3.41. The normalized spacial score (nSPS) is 14.5. The maximum Gasteiger partial charge on any atom is 0.204 e. The maximum absolute atomic E-state index is 15.5. The molecule has 2 aromatic carbocycles. The third kappa shape index (κ3) is 6.22. The number of sulfone groups is 1. The molecule has 0 radical (unpaired) electrons. The van der Waals surface area contributed by atoms with Crippen LogP contribution in [0.5, 0.6) is 5.75 Å². The van der Waals surface area contributed by atoms with Crippen LogP contribution in [0.3, 0.4) is 0 Å². The summed E-state index contributed by atoms with van der Waals surface area (Å²) in [5, 5.41) is 10.1. The molecule has 3 heterocycles. The standard InChI is InChI=1S/C29H30F5N7O3S2/c1-14-11-21(40-39-14)36-26-25(44-4)27(41-9-7-15(35)8-10-41)38-28(37-26)45-20-6-5-16(12-17(20)30)46(42,43)29(2,3)22-23(33)18(31)13-19(32)24(22)34/h5-6,11-13,15H,7-10,35H2,1-4H3,(H2,36,37,38,39,40). The molecule has 0 atom stereocenters. The quantitative estimate of drug-likeness (QED) is 0.114. The number of nitrogens with two attached hydrogens (primary N) is 1. The molecule has 0 aliphatic carbocycles. The molecule has 0 spiro atoms. The van der Waals surface area contributed by atoms with E-state index in [1.54, 1.807) is 6.07 Å². The van der Waals surface area contributed by atoms with E-state index < -0.39 is 54.1 Å². The van der Waals surface area contributed by atoms with Crippen molar-refractivity contribution in [3.63, 3.8) is 0 Å². The minimum absolute atomic E-state index is 0.0216. The van der Waals surface area contributed by atoms with Crippen molar-refractivity contribution in [3.8, 4) is 5.75 Å². The smallest absolute Gasteiger partial charge is 0.204 e. The number of benzene rings is 2. The molecule has 1 fully saturated rings. The molecule has 4 N–H and O–H groups in total. The van der Waals surface area contributed by atoms with Crippen molar-refractivity contribution in [2.24, 2.45) is 5.73 Å². The van der Waals surface area contributed by atoms with Crippen LogP contribution in [0, 0.1) is 36.0 Å². The van der Waals surface area contributed by atoms with Crippen molar-refractivity contribution in [2.45, 2.75) is 59.3 Å². The highest BCUT2D eigenvalue weighted by molar-refractivity contribution is 7.99. The Morgan fingerprint density at radius 1 is 1.02 bits per heavy atom. The highest BCUT2D eigenvalue weighted by Gasteiger charge is 2.44. The fraction of sp³-hybridized carbons (Fsp3) is 0.345. The maximum atomic E-state index is 15.5. The first kappa shape index (κ1) is 33.4. The van der Waals surface area contributed by atoms with Crippen molar-refractivity contribution in [3.05, 3.63) is 70.7 Å². The molecule has 4 aromatic rings. The van der Waals surface area contributed by atoms with Gasteiger partial charge in [-0.3, -0.25) is 5.10 Å². The lowest BCUT2D eigenvalue weighted by atomic mass is 10.0. The number of H-pyrrole nitrogens is 1. The van der Waals surface area contributed by atoms with E-state index in [2.05, 4.69) is 25.5 Å². The zero-order valence-electron chi connectivity index (χ0n) is 25.1. The molecule has 1 aliphatic heterocycles. The van der Waals surface area contributed by atoms with Crippen LogP contribution < -0.4 is 20.7 Å². The van der Waals surface area contributed by atoms with Gasteiger partial charge in [-0.2, -0.15) is 5.10 Å². The van der Waals surface area contributed by atoms with Gasteiger partial charge in [0.15, 0.2) is 55.7 Å². The highest BCUT2D eigenvalue weighted by Crippen LogP contribution is 2.42. The van der Waals surface area contributed by atoms with Gasteiger partial charge in [0.2, 0.25) is 5.75 Å². The second-order valence-electron chi connectivity index (χ2n) is 11.1. The highest BCUT2D eigenvalue weighted by atomic mass is 32.2. The van der Waals surface area contributed by atoms with E-state index in [-0.39, 0.29) is 28.0 Å². The number of hydrogen-bond donors (Lipinski definition) is 3. The van der Waals surface area contributed by atoms with Crippen LogP contribution in [0.25, 0.3) is 0 Å². The van der Waals surface area contributed by atoms with Gasteiger partial charge < -0.3 is 20.7 Å². The fourth-order valence-electron chi connectivity index (χ4n) is 5.03. The van der Waals surface area contributed by atoms with E-state index in [9.17, 15) is 26.0 Å². The Hall–Kier alpha value is -3.96. The Morgan fingerprint density at radius 2 is 1.67 bits per heavy atom. The summed E-state index contributed by atoms with van der Waals surface area (Å²) in [6, 6.07) is 4.57. The molecule has 5 rings (SSSR count). The molecule has 246 valence electrons. The molecule has 1 saturated heterocycles. The van der Waals surface area contributed by atoms with Crippen molar-refractivity contribution in [2.75, 3.05) is 30.4 Å². The van der Waals surface area contributed by atoms with Crippen LogP contribution in [0.15, 0.2) is 45.3 Å². The first-order valence-electron chi connectivity index (χ1n) is 13.9. The Morgan fingerprint density at radius 3 is 2.24 bits per heavy atom. The SMILES string of the molecule is COc1c(Nc2cc(C)[nH]n2)nc(Sc2ccc(S(=O)(=O)C(C)(C)c3c(F)c(F)cc(F)c3F)cc2F)nc1N1CCC(N)CC1. The number of rotatable bonds is 9. The molecule has 1 aliphatic rings. The monoisotopic (exact) mass is 683 g/mol. The minimum Gasteiger partial charge on any atom is -0.490 e. The van der Waals surface area contributed by atoms with E-state index in [0.717, 1.165) is 43.4 Å². The number of nitrogens with one attached hydrogen (secondary N) is 2. The second-order valence-corrected chi connectivity index (χ2v) is 14.7. The number of aromatic nitrogens is 4. The van der Waals surface area contributed by atoms with Gasteiger partial charge in [0.25, 0.3) is 0 Å². The summed E-state index contributed by atoms with van der Waals surface area (Å²) in [6.45, 7) is 4.72. The summed E-state index contributed by atoms with van der Waals surface area (Å²) in [4.78, 5) is 10.4. The average molecular weight is 684 g/mol. The summed E-state index contributed by atoms with van der Waals surface area (Å²) >= 11 is 0.788. The Labute approximate surface area is 265 Å². The number of piperidine rings is 1. The summed E-state index contributed by atoms with van der Waals surface area (Å²) in [6.07, 6.45) is 1.40. The van der Waals surface area contributed by atoms with Crippen molar-refractivity contribution >= 4 is 39.1 Å². The van der Waals surface area contributed by atoms with Gasteiger partial charge in [0, 0.05) is 37.0 Å². The molecular formula is C29H30F5N7O3S2. The zero-order valence-corrected chi connectivity index (χ0v) is 26.7.